The van der Waals surface area contributed by atoms with Crippen molar-refractivity contribution in [2.75, 3.05) is 13.7 Å². The SMILES string of the molecule is COc1ccc(C2=NN(CC(=O)N[C@H]3CCCC[C@@H]3C)C(=O)CC2)cc1. The normalized spacial score (nSPS) is 23.4. The Balaban J connectivity index is 1.65. The van der Waals surface area contributed by atoms with Crippen molar-refractivity contribution < 1.29 is 14.3 Å². The van der Waals surface area contributed by atoms with Gasteiger partial charge in [-0.05, 0) is 48.6 Å². The predicted octanol–water partition coefficient (Wildman–Crippen LogP) is 2.72. The fourth-order valence-corrected chi connectivity index (χ4v) is 3.63. The lowest BCUT2D eigenvalue weighted by Gasteiger charge is -2.30. The van der Waals surface area contributed by atoms with Crippen molar-refractivity contribution in [3.8, 4) is 5.75 Å². The van der Waals surface area contributed by atoms with Crippen LogP contribution in [0.1, 0.15) is 51.0 Å². The molecule has 0 radical (unpaired) electrons. The summed E-state index contributed by atoms with van der Waals surface area (Å²) in [5, 5.41) is 8.84. The summed E-state index contributed by atoms with van der Waals surface area (Å²) in [5.41, 5.74) is 1.77. The summed E-state index contributed by atoms with van der Waals surface area (Å²) in [7, 11) is 1.62. The fourth-order valence-electron chi connectivity index (χ4n) is 3.63. The van der Waals surface area contributed by atoms with Crippen LogP contribution in [0.2, 0.25) is 0 Å². The molecule has 2 atom stereocenters. The van der Waals surface area contributed by atoms with E-state index in [0.29, 0.717) is 18.8 Å². The van der Waals surface area contributed by atoms with Gasteiger partial charge >= 0.3 is 0 Å². The van der Waals surface area contributed by atoms with Crippen LogP contribution in [0, 0.1) is 5.92 Å². The van der Waals surface area contributed by atoms with Gasteiger partial charge in [0.2, 0.25) is 11.8 Å². The van der Waals surface area contributed by atoms with Crippen LogP contribution in [0.4, 0.5) is 0 Å². The molecule has 6 heteroatoms. The van der Waals surface area contributed by atoms with Gasteiger partial charge in [-0.2, -0.15) is 5.10 Å². The van der Waals surface area contributed by atoms with Gasteiger partial charge in [0.1, 0.15) is 12.3 Å². The maximum atomic E-state index is 12.4. The third kappa shape index (κ3) is 4.42. The number of hydrogen-bond donors (Lipinski definition) is 1. The predicted molar refractivity (Wildman–Crippen MR) is 100 cm³/mol. The molecule has 1 aliphatic heterocycles. The Kier molecular flexibility index (Phi) is 5.91. The Labute approximate surface area is 154 Å². The Morgan fingerprint density at radius 1 is 1.23 bits per heavy atom. The van der Waals surface area contributed by atoms with Crippen molar-refractivity contribution in [1.29, 1.82) is 0 Å². The maximum absolute atomic E-state index is 12.4. The molecule has 1 heterocycles. The van der Waals surface area contributed by atoms with Gasteiger partial charge in [0.15, 0.2) is 0 Å². The molecular weight excluding hydrogens is 330 g/mol. The molecular formula is C20H27N3O3. The number of amides is 2. The molecule has 26 heavy (non-hydrogen) atoms. The topological polar surface area (TPSA) is 71.0 Å². The van der Waals surface area contributed by atoms with Gasteiger partial charge in [-0.1, -0.05) is 19.8 Å². The first-order chi connectivity index (χ1) is 12.6. The average molecular weight is 357 g/mol. The Morgan fingerprint density at radius 2 is 1.96 bits per heavy atom. The number of carbonyl (C=O) groups excluding carboxylic acids is 2. The molecule has 1 fully saturated rings. The standard InChI is InChI=1S/C20H27N3O3/c1-14-5-3-4-6-17(14)21-19(24)13-23-20(25)12-11-18(22-23)15-7-9-16(26-2)10-8-15/h7-10,14,17H,3-6,11-13H2,1-2H3,(H,21,24)/t14-,17-/m0/s1. The Hall–Kier alpha value is -2.37. The number of hydrazone groups is 1. The van der Waals surface area contributed by atoms with Crippen molar-refractivity contribution in [3.05, 3.63) is 29.8 Å². The highest BCUT2D eigenvalue weighted by atomic mass is 16.5. The van der Waals surface area contributed by atoms with E-state index in [4.69, 9.17) is 4.74 Å². The third-order valence-corrected chi connectivity index (χ3v) is 5.28. The lowest BCUT2D eigenvalue weighted by Crippen LogP contribution is -2.46. The van der Waals surface area contributed by atoms with Crippen LogP contribution in [-0.2, 0) is 9.59 Å². The molecule has 0 unspecified atom stereocenters. The van der Waals surface area contributed by atoms with Crippen molar-refractivity contribution in [2.45, 2.75) is 51.5 Å². The first-order valence-electron chi connectivity index (χ1n) is 9.38. The van der Waals surface area contributed by atoms with E-state index in [9.17, 15) is 9.59 Å². The minimum atomic E-state index is -0.128. The van der Waals surface area contributed by atoms with E-state index >= 15 is 0 Å². The summed E-state index contributed by atoms with van der Waals surface area (Å²) < 4.78 is 5.17. The quantitative estimate of drug-likeness (QED) is 0.881. The molecule has 1 aliphatic carbocycles. The molecule has 0 aromatic heterocycles. The summed E-state index contributed by atoms with van der Waals surface area (Å²) in [4.78, 5) is 24.6. The number of benzene rings is 1. The number of ether oxygens (including phenoxy) is 1. The first kappa shape index (κ1) is 18.4. The van der Waals surface area contributed by atoms with Crippen LogP contribution in [-0.4, -0.2) is 42.2 Å². The van der Waals surface area contributed by atoms with E-state index in [0.717, 1.165) is 36.3 Å². The van der Waals surface area contributed by atoms with Gasteiger partial charge in [-0.15, -0.1) is 0 Å². The maximum Gasteiger partial charge on any atom is 0.243 e. The highest BCUT2D eigenvalue weighted by Gasteiger charge is 2.26. The number of nitrogens with zero attached hydrogens (tertiary/aromatic N) is 2. The molecule has 0 spiro atoms. The highest BCUT2D eigenvalue weighted by Crippen LogP contribution is 2.24. The van der Waals surface area contributed by atoms with Crippen LogP contribution >= 0.6 is 0 Å². The van der Waals surface area contributed by atoms with Gasteiger partial charge in [0, 0.05) is 18.9 Å². The zero-order chi connectivity index (χ0) is 18.5. The fraction of sp³-hybridized carbons (Fsp3) is 0.550. The van der Waals surface area contributed by atoms with Gasteiger partial charge in [0.25, 0.3) is 0 Å². The van der Waals surface area contributed by atoms with Crippen molar-refractivity contribution >= 4 is 17.5 Å². The van der Waals surface area contributed by atoms with E-state index in [2.05, 4.69) is 17.3 Å². The first-order valence-corrected chi connectivity index (χ1v) is 9.38. The summed E-state index contributed by atoms with van der Waals surface area (Å²) in [6, 6.07) is 7.80. The van der Waals surface area contributed by atoms with E-state index < -0.39 is 0 Å². The Bertz CT molecular complexity index is 684. The zero-order valence-corrected chi connectivity index (χ0v) is 15.5. The molecule has 6 nitrogen and oxygen atoms in total. The molecule has 0 saturated heterocycles. The minimum absolute atomic E-state index is 0.0122. The Morgan fingerprint density at radius 3 is 2.65 bits per heavy atom. The number of carbonyl (C=O) groups is 2. The molecule has 0 bridgehead atoms. The van der Waals surface area contributed by atoms with Crippen LogP contribution in [0.25, 0.3) is 0 Å². The molecule has 1 N–H and O–H groups in total. The molecule has 1 saturated carbocycles. The number of hydrogen-bond acceptors (Lipinski definition) is 4. The van der Waals surface area contributed by atoms with Gasteiger partial charge in [-0.25, -0.2) is 5.01 Å². The second-order valence-corrected chi connectivity index (χ2v) is 7.16. The van der Waals surface area contributed by atoms with Gasteiger partial charge < -0.3 is 10.1 Å². The molecule has 1 aromatic carbocycles. The van der Waals surface area contributed by atoms with E-state index in [1.807, 2.05) is 24.3 Å². The number of methoxy groups -OCH3 is 1. The number of rotatable bonds is 5. The molecule has 2 aliphatic rings. The average Bonchev–Trinajstić information content (AvgIpc) is 2.65. The highest BCUT2D eigenvalue weighted by molar-refractivity contribution is 6.04. The molecule has 2 amide bonds. The zero-order valence-electron chi connectivity index (χ0n) is 15.5. The van der Waals surface area contributed by atoms with Gasteiger partial charge in [0.05, 0.1) is 12.8 Å². The largest absolute Gasteiger partial charge is 0.497 e. The number of nitrogens with one attached hydrogen (secondary N) is 1. The second kappa shape index (κ2) is 8.34. The lowest BCUT2D eigenvalue weighted by molar-refractivity contribution is -0.136. The van der Waals surface area contributed by atoms with E-state index in [1.165, 1.54) is 11.4 Å². The summed E-state index contributed by atoms with van der Waals surface area (Å²) in [5.74, 6) is 1.04. The second-order valence-electron chi connectivity index (χ2n) is 7.16. The summed E-state index contributed by atoms with van der Waals surface area (Å²) in [6.45, 7) is 2.16. The van der Waals surface area contributed by atoms with Crippen LogP contribution < -0.4 is 10.1 Å². The van der Waals surface area contributed by atoms with Crippen molar-refractivity contribution in [2.24, 2.45) is 11.0 Å². The van der Waals surface area contributed by atoms with E-state index in [1.54, 1.807) is 7.11 Å². The van der Waals surface area contributed by atoms with Gasteiger partial charge in [-0.3, -0.25) is 9.59 Å². The van der Waals surface area contributed by atoms with Crippen molar-refractivity contribution in [3.63, 3.8) is 0 Å². The third-order valence-electron chi connectivity index (χ3n) is 5.28. The smallest absolute Gasteiger partial charge is 0.243 e. The molecule has 140 valence electrons. The van der Waals surface area contributed by atoms with Crippen LogP contribution in [0.5, 0.6) is 5.75 Å². The lowest BCUT2D eigenvalue weighted by atomic mass is 9.86. The van der Waals surface area contributed by atoms with Crippen LogP contribution in [0.15, 0.2) is 29.4 Å². The van der Waals surface area contributed by atoms with Crippen LogP contribution in [0.3, 0.4) is 0 Å². The summed E-state index contributed by atoms with van der Waals surface area (Å²) >= 11 is 0. The minimum Gasteiger partial charge on any atom is -0.497 e. The monoisotopic (exact) mass is 357 g/mol. The van der Waals surface area contributed by atoms with Crippen molar-refractivity contribution in [1.82, 2.24) is 10.3 Å². The summed E-state index contributed by atoms with van der Waals surface area (Å²) in [6.07, 6.45) is 5.50. The molecule has 3 rings (SSSR count). The molecule has 1 aromatic rings. The van der Waals surface area contributed by atoms with E-state index in [-0.39, 0.29) is 24.4 Å².